The van der Waals surface area contributed by atoms with Crippen molar-refractivity contribution >= 4 is 0 Å². The highest BCUT2D eigenvalue weighted by atomic mass is 19.2. The lowest BCUT2D eigenvalue weighted by Gasteiger charge is -2.08. The normalized spacial score (nSPS) is 13.1. The lowest BCUT2D eigenvalue weighted by Crippen LogP contribution is -2.52. The van der Waals surface area contributed by atoms with Gasteiger partial charge in [0.05, 0.1) is 5.56 Å². The molecule has 0 saturated carbocycles. The minimum atomic E-state index is -2.15. The number of hydrogen-bond donors (Lipinski definition) is 1. The molecule has 0 heterocycles. The van der Waals surface area contributed by atoms with E-state index in [1.165, 1.54) is 6.92 Å². The van der Waals surface area contributed by atoms with E-state index in [4.69, 9.17) is 0 Å². The van der Waals surface area contributed by atoms with E-state index in [0.717, 1.165) is 0 Å². The van der Waals surface area contributed by atoms with Gasteiger partial charge in [0.25, 0.3) is 0 Å². The van der Waals surface area contributed by atoms with Crippen LogP contribution >= 0.6 is 0 Å². The molecule has 0 aliphatic rings. The Hall–Kier alpha value is -1.17. The third-order valence-electron chi connectivity index (χ3n) is 1.74. The Labute approximate surface area is 76.3 Å². The molecule has 6 heteroatoms. The molecule has 1 atom stereocenters. The van der Waals surface area contributed by atoms with Crippen LogP contribution in [0.3, 0.4) is 0 Å². The molecule has 0 bridgehead atoms. The first-order valence-electron chi connectivity index (χ1n) is 3.72. The maximum Gasteiger partial charge on any atom is 0.200 e. The molecule has 0 aliphatic carbocycles. The minimum absolute atomic E-state index is 0.888. The van der Waals surface area contributed by atoms with Crippen LogP contribution in [0.1, 0.15) is 18.5 Å². The van der Waals surface area contributed by atoms with Crippen LogP contribution in [0.25, 0.3) is 0 Å². The standard InChI is InChI=1S/C8H6F5N/c1-2(14)3-4(9)6(11)8(13)7(12)5(3)10/h2H,14H2,1H3/p+1. The van der Waals surface area contributed by atoms with Crippen molar-refractivity contribution in [2.24, 2.45) is 0 Å². The van der Waals surface area contributed by atoms with Gasteiger partial charge in [0.1, 0.15) is 6.04 Å². The van der Waals surface area contributed by atoms with Gasteiger partial charge in [-0.3, -0.25) is 0 Å². The third-order valence-corrected chi connectivity index (χ3v) is 1.74. The highest BCUT2D eigenvalue weighted by Gasteiger charge is 2.28. The van der Waals surface area contributed by atoms with Crippen molar-refractivity contribution in [3.8, 4) is 0 Å². The quantitative estimate of drug-likeness (QED) is 0.416. The average molecular weight is 212 g/mol. The zero-order valence-corrected chi connectivity index (χ0v) is 7.17. The second kappa shape index (κ2) is 3.53. The minimum Gasteiger partial charge on any atom is -0.351 e. The van der Waals surface area contributed by atoms with E-state index < -0.39 is 40.7 Å². The number of benzene rings is 1. The van der Waals surface area contributed by atoms with Gasteiger partial charge < -0.3 is 5.73 Å². The summed E-state index contributed by atoms with van der Waals surface area (Å²) in [5.74, 6) is -9.65. The topological polar surface area (TPSA) is 27.6 Å². The summed E-state index contributed by atoms with van der Waals surface area (Å²) >= 11 is 0. The largest absolute Gasteiger partial charge is 0.351 e. The maximum atomic E-state index is 12.9. The van der Waals surface area contributed by atoms with Crippen LogP contribution in [0, 0.1) is 29.1 Å². The van der Waals surface area contributed by atoms with Crippen LogP contribution in [-0.2, 0) is 0 Å². The van der Waals surface area contributed by atoms with Crippen LogP contribution in [0.15, 0.2) is 0 Å². The Morgan fingerprint density at radius 2 is 1.07 bits per heavy atom. The van der Waals surface area contributed by atoms with Crippen molar-refractivity contribution in [2.75, 3.05) is 0 Å². The summed E-state index contributed by atoms with van der Waals surface area (Å²) in [6.07, 6.45) is 0. The van der Waals surface area contributed by atoms with Gasteiger partial charge in [-0.25, -0.2) is 22.0 Å². The fourth-order valence-electron chi connectivity index (χ4n) is 1.05. The Balaban J connectivity index is 3.60. The van der Waals surface area contributed by atoms with Crippen LogP contribution in [0.5, 0.6) is 0 Å². The van der Waals surface area contributed by atoms with Gasteiger partial charge >= 0.3 is 0 Å². The van der Waals surface area contributed by atoms with Crippen molar-refractivity contribution in [2.45, 2.75) is 13.0 Å². The predicted octanol–water partition coefficient (Wildman–Crippen LogP) is 1.69. The lowest BCUT2D eigenvalue weighted by atomic mass is 10.1. The van der Waals surface area contributed by atoms with Gasteiger partial charge in [-0.15, -0.1) is 0 Å². The summed E-state index contributed by atoms with van der Waals surface area (Å²) in [6.45, 7) is 1.23. The molecule has 1 aromatic rings. The first-order valence-corrected chi connectivity index (χ1v) is 3.72. The first kappa shape index (κ1) is 10.9. The molecule has 14 heavy (non-hydrogen) atoms. The molecule has 0 spiro atoms. The summed E-state index contributed by atoms with van der Waals surface area (Å²) in [4.78, 5) is 0. The summed E-state index contributed by atoms with van der Waals surface area (Å²) in [5.41, 5.74) is 2.32. The number of quaternary nitrogens is 1. The van der Waals surface area contributed by atoms with Gasteiger partial charge in [-0.1, -0.05) is 0 Å². The van der Waals surface area contributed by atoms with Gasteiger partial charge in [0, 0.05) is 0 Å². The molecule has 1 rings (SSSR count). The molecule has 78 valence electrons. The van der Waals surface area contributed by atoms with Crippen molar-refractivity contribution < 1.29 is 27.7 Å². The number of rotatable bonds is 1. The van der Waals surface area contributed by atoms with Gasteiger partial charge in [-0.05, 0) is 6.92 Å². The highest BCUT2D eigenvalue weighted by molar-refractivity contribution is 5.25. The molecule has 3 N–H and O–H groups in total. The van der Waals surface area contributed by atoms with Crippen molar-refractivity contribution in [3.63, 3.8) is 0 Å². The van der Waals surface area contributed by atoms with E-state index in [2.05, 4.69) is 5.73 Å². The number of hydrogen-bond acceptors (Lipinski definition) is 0. The molecule has 0 aliphatic heterocycles. The average Bonchev–Trinajstić information content (AvgIpc) is 2.11. The highest BCUT2D eigenvalue weighted by Crippen LogP contribution is 2.25. The lowest BCUT2D eigenvalue weighted by molar-refractivity contribution is -0.421. The van der Waals surface area contributed by atoms with Gasteiger partial charge in [-0.2, -0.15) is 0 Å². The summed E-state index contributed by atoms with van der Waals surface area (Å²) in [7, 11) is 0. The zero-order chi connectivity index (χ0) is 11.0. The third kappa shape index (κ3) is 1.45. The van der Waals surface area contributed by atoms with E-state index in [1.54, 1.807) is 0 Å². The molecule has 1 unspecified atom stereocenters. The molecule has 1 aromatic carbocycles. The summed E-state index contributed by atoms with van der Waals surface area (Å²) < 4.78 is 63.4. The summed E-state index contributed by atoms with van der Waals surface area (Å²) in [6, 6.07) is -1.01. The van der Waals surface area contributed by atoms with E-state index in [9.17, 15) is 22.0 Å². The Kier molecular flexibility index (Phi) is 2.75. The van der Waals surface area contributed by atoms with Crippen LogP contribution in [0.2, 0.25) is 0 Å². The molecule has 0 fully saturated rings. The second-order valence-electron chi connectivity index (χ2n) is 2.88. The van der Waals surface area contributed by atoms with Gasteiger partial charge in [0.15, 0.2) is 23.3 Å². The number of halogens is 5. The predicted molar refractivity (Wildman–Crippen MR) is 37.5 cm³/mol. The maximum absolute atomic E-state index is 12.9. The molecule has 1 nitrogen and oxygen atoms in total. The zero-order valence-electron chi connectivity index (χ0n) is 7.17. The van der Waals surface area contributed by atoms with E-state index in [1.807, 2.05) is 0 Å². The SMILES string of the molecule is CC([NH3+])c1c(F)c(F)c(F)c(F)c1F. The fourth-order valence-corrected chi connectivity index (χ4v) is 1.05. The first-order chi connectivity index (χ1) is 6.37. The van der Waals surface area contributed by atoms with Crippen LogP contribution < -0.4 is 5.73 Å². The molecule has 0 amide bonds. The van der Waals surface area contributed by atoms with Crippen molar-refractivity contribution in [1.29, 1.82) is 0 Å². The molecule has 0 radical (unpaired) electrons. The van der Waals surface area contributed by atoms with E-state index in [0.29, 0.717) is 0 Å². The van der Waals surface area contributed by atoms with E-state index in [-0.39, 0.29) is 0 Å². The van der Waals surface area contributed by atoms with E-state index >= 15 is 0 Å². The Morgan fingerprint density at radius 3 is 1.36 bits per heavy atom. The fraction of sp³-hybridized carbons (Fsp3) is 0.250. The molecule has 0 saturated heterocycles. The van der Waals surface area contributed by atoms with Crippen LogP contribution in [0.4, 0.5) is 22.0 Å². The second-order valence-corrected chi connectivity index (χ2v) is 2.88. The Bertz CT molecular complexity index is 345. The summed E-state index contributed by atoms with van der Waals surface area (Å²) in [5, 5.41) is 0. The van der Waals surface area contributed by atoms with Gasteiger partial charge in [0.2, 0.25) is 5.82 Å². The smallest absolute Gasteiger partial charge is 0.200 e. The van der Waals surface area contributed by atoms with Crippen molar-refractivity contribution in [3.05, 3.63) is 34.6 Å². The molecule has 0 aromatic heterocycles. The molecular weight excluding hydrogens is 205 g/mol. The van der Waals surface area contributed by atoms with Crippen molar-refractivity contribution in [1.82, 2.24) is 0 Å². The molecular formula is C8H7F5N+. The van der Waals surface area contributed by atoms with Crippen LogP contribution in [-0.4, -0.2) is 0 Å². The monoisotopic (exact) mass is 212 g/mol. The Morgan fingerprint density at radius 1 is 0.786 bits per heavy atom.